The quantitative estimate of drug-likeness (QED) is 0.903. The van der Waals surface area contributed by atoms with Crippen LogP contribution in [0.15, 0.2) is 16.9 Å². The van der Waals surface area contributed by atoms with Gasteiger partial charge in [-0.3, -0.25) is 0 Å². The molecular formula is C12H16BrN3OS. The Hall–Kier alpha value is -0.330. The summed E-state index contributed by atoms with van der Waals surface area (Å²) in [6.07, 6.45) is 6.83. The average molecular weight is 330 g/mol. The number of hydrogen-bond donors (Lipinski definition) is 1. The third-order valence-corrected chi connectivity index (χ3v) is 5.15. The lowest BCUT2D eigenvalue weighted by Crippen LogP contribution is -2.44. The molecule has 4 nitrogen and oxygen atoms in total. The molecule has 1 aromatic rings. The maximum absolute atomic E-state index is 6.00. The van der Waals surface area contributed by atoms with Gasteiger partial charge in [0, 0.05) is 30.8 Å². The molecule has 1 aromatic heterocycles. The molecule has 0 aliphatic carbocycles. The molecule has 2 aliphatic heterocycles. The summed E-state index contributed by atoms with van der Waals surface area (Å²) in [5, 5.41) is 3.43. The molecule has 3 heterocycles. The first-order chi connectivity index (χ1) is 8.76. The lowest BCUT2D eigenvalue weighted by atomic mass is 9.90. The Morgan fingerprint density at radius 1 is 1.44 bits per heavy atom. The molecule has 3 rings (SSSR count). The molecule has 2 saturated heterocycles. The second-order valence-electron chi connectivity index (χ2n) is 4.89. The van der Waals surface area contributed by atoms with Gasteiger partial charge in [0.15, 0.2) is 0 Å². The van der Waals surface area contributed by atoms with Gasteiger partial charge >= 0.3 is 0 Å². The molecule has 0 aromatic carbocycles. The van der Waals surface area contributed by atoms with E-state index in [4.69, 9.17) is 4.74 Å². The third kappa shape index (κ3) is 2.81. The van der Waals surface area contributed by atoms with Crippen molar-refractivity contribution in [3.05, 3.63) is 16.9 Å². The monoisotopic (exact) mass is 329 g/mol. The van der Waals surface area contributed by atoms with Crippen molar-refractivity contribution in [2.45, 2.75) is 30.9 Å². The molecular weight excluding hydrogens is 314 g/mol. The van der Waals surface area contributed by atoms with E-state index < -0.39 is 0 Å². The minimum atomic E-state index is 0.107. The summed E-state index contributed by atoms with van der Waals surface area (Å²) in [5.74, 6) is 3.07. The van der Waals surface area contributed by atoms with Crippen LogP contribution < -0.4 is 5.32 Å². The Morgan fingerprint density at radius 2 is 2.28 bits per heavy atom. The summed E-state index contributed by atoms with van der Waals surface area (Å²) >= 11 is 5.34. The van der Waals surface area contributed by atoms with Crippen LogP contribution in [0.5, 0.6) is 0 Å². The van der Waals surface area contributed by atoms with E-state index in [1.165, 1.54) is 12.2 Å². The van der Waals surface area contributed by atoms with Crippen molar-refractivity contribution in [1.82, 2.24) is 9.97 Å². The van der Waals surface area contributed by atoms with E-state index in [9.17, 15) is 0 Å². The topological polar surface area (TPSA) is 47.0 Å². The van der Waals surface area contributed by atoms with Gasteiger partial charge < -0.3 is 10.1 Å². The van der Waals surface area contributed by atoms with E-state index in [1.54, 1.807) is 12.4 Å². The average Bonchev–Trinajstić information content (AvgIpc) is 2.80. The number of nitrogens with one attached hydrogen (secondary N) is 1. The summed E-state index contributed by atoms with van der Waals surface area (Å²) in [6.45, 7) is 0.842. The first-order valence-corrected chi connectivity index (χ1v) is 8.16. The van der Waals surface area contributed by atoms with Crippen molar-refractivity contribution >= 4 is 33.6 Å². The van der Waals surface area contributed by atoms with E-state index in [0.717, 1.165) is 29.7 Å². The van der Waals surface area contributed by atoms with Crippen LogP contribution in [0.3, 0.4) is 0 Å². The number of aromatic nitrogens is 2. The van der Waals surface area contributed by atoms with E-state index >= 15 is 0 Å². The molecule has 0 amide bonds. The van der Waals surface area contributed by atoms with Crippen LogP contribution in [0.1, 0.15) is 19.3 Å². The summed E-state index contributed by atoms with van der Waals surface area (Å²) in [7, 11) is 0. The molecule has 0 radical (unpaired) electrons. The normalized spacial score (nSPS) is 31.7. The smallest absolute Gasteiger partial charge is 0.222 e. The molecule has 18 heavy (non-hydrogen) atoms. The minimum Gasteiger partial charge on any atom is -0.374 e. The predicted molar refractivity (Wildman–Crippen MR) is 77.0 cm³/mol. The van der Waals surface area contributed by atoms with Crippen molar-refractivity contribution < 1.29 is 4.74 Å². The SMILES string of the molecule is Brc1cnc(N[C@@H]2CCO[C@@]3(CCSC3)C2)nc1. The van der Waals surface area contributed by atoms with Crippen LogP contribution >= 0.6 is 27.7 Å². The zero-order valence-electron chi connectivity index (χ0n) is 10.1. The first kappa shape index (κ1) is 12.7. The maximum Gasteiger partial charge on any atom is 0.222 e. The first-order valence-electron chi connectivity index (χ1n) is 6.22. The van der Waals surface area contributed by atoms with Crippen LogP contribution in [0.25, 0.3) is 0 Å². The number of thioether (sulfide) groups is 1. The number of rotatable bonds is 2. The molecule has 2 aliphatic rings. The fourth-order valence-corrected chi connectivity index (χ4v) is 4.17. The zero-order chi connectivity index (χ0) is 12.4. The molecule has 2 atom stereocenters. The second kappa shape index (κ2) is 5.35. The molecule has 6 heteroatoms. The number of halogens is 1. The number of hydrogen-bond acceptors (Lipinski definition) is 5. The Kier molecular flexibility index (Phi) is 3.77. The molecule has 0 unspecified atom stereocenters. The number of ether oxygens (including phenoxy) is 1. The third-order valence-electron chi connectivity index (χ3n) is 3.51. The summed E-state index contributed by atoms with van der Waals surface area (Å²) < 4.78 is 6.91. The van der Waals surface area contributed by atoms with Crippen LogP contribution in [-0.2, 0) is 4.74 Å². The second-order valence-corrected chi connectivity index (χ2v) is 6.91. The van der Waals surface area contributed by atoms with E-state index in [-0.39, 0.29) is 5.60 Å². The highest BCUT2D eigenvalue weighted by atomic mass is 79.9. The lowest BCUT2D eigenvalue weighted by molar-refractivity contribution is -0.0628. The maximum atomic E-state index is 6.00. The molecule has 0 saturated carbocycles. The summed E-state index contributed by atoms with van der Waals surface area (Å²) in [6, 6.07) is 0.429. The van der Waals surface area contributed by atoms with Crippen molar-refractivity contribution in [3.63, 3.8) is 0 Å². The van der Waals surface area contributed by atoms with Gasteiger partial charge in [-0.15, -0.1) is 0 Å². The van der Waals surface area contributed by atoms with Gasteiger partial charge in [-0.25, -0.2) is 9.97 Å². The highest BCUT2D eigenvalue weighted by Crippen LogP contribution is 2.38. The Balaban J connectivity index is 1.64. The van der Waals surface area contributed by atoms with Gasteiger partial charge in [0.2, 0.25) is 5.95 Å². The van der Waals surface area contributed by atoms with Crippen LogP contribution in [-0.4, -0.2) is 39.7 Å². The molecule has 1 spiro atoms. The highest BCUT2D eigenvalue weighted by Gasteiger charge is 2.40. The molecule has 0 bridgehead atoms. The highest BCUT2D eigenvalue weighted by molar-refractivity contribution is 9.10. The molecule has 1 N–H and O–H groups in total. The largest absolute Gasteiger partial charge is 0.374 e. The fourth-order valence-electron chi connectivity index (χ4n) is 2.58. The van der Waals surface area contributed by atoms with E-state index in [1.807, 2.05) is 11.8 Å². The Morgan fingerprint density at radius 3 is 3.00 bits per heavy atom. The summed E-state index contributed by atoms with van der Waals surface area (Å²) in [5.41, 5.74) is 0.107. The minimum absolute atomic E-state index is 0.107. The molecule has 2 fully saturated rings. The van der Waals surface area contributed by atoms with E-state index in [2.05, 4.69) is 31.2 Å². The van der Waals surface area contributed by atoms with E-state index in [0.29, 0.717) is 12.0 Å². The number of anilines is 1. The van der Waals surface area contributed by atoms with Gasteiger partial charge in [0.1, 0.15) is 0 Å². The standard InChI is InChI=1S/C12H16BrN3OS/c13-9-6-14-11(15-7-9)16-10-1-3-17-12(5-10)2-4-18-8-12/h6-7,10H,1-5,8H2,(H,14,15,16)/t10-,12+/m1/s1. The van der Waals surface area contributed by atoms with Gasteiger partial charge in [-0.2, -0.15) is 11.8 Å². The van der Waals surface area contributed by atoms with Crippen molar-refractivity contribution in [1.29, 1.82) is 0 Å². The Bertz CT molecular complexity index is 408. The predicted octanol–water partition coefficient (Wildman–Crippen LogP) is 2.71. The summed E-state index contributed by atoms with van der Waals surface area (Å²) in [4.78, 5) is 8.54. The van der Waals surface area contributed by atoms with Crippen LogP contribution in [0, 0.1) is 0 Å². The van der Waals surface area contributed by atoms with Gasteiger partial charge in [-0.05, 0) is 40.9 Å². The van der Waals surface area contributed by atoms with Gasteiger partial charge in [0.25, 0.3) is 0 Å². The lowest BCUT2D eigenvalue weighted by Gasteiger charge is -2.37. The zero-order valence-corrected chi connectivity index (χ0v) is 12.5. The molecule has 98 valence electrons. The van der Waals surface area contributed by atoms with Crippen molar-refractivity contribution in [2.24, 2.45) is 0 Å². The Labute approximate surface area is 119 Å². The number of nitrogens with zero attached hydrogens (tertiary/aromatic N) is 2. The van der Waals surface area contributed by atoms with Crippen molar-refractivity contribution in [3.8, 4) is 0 Å². The van der Waals surface area contributed by atoms with Crippen LogP contribution in [0.4, 0.5) is 5.95 Å². The fraction of sp³-hybridized carbons (Fsp3) is 0.667. The van der Waals surface area contributed by atoms with Crippen LogP contribution in [0.2, 0.25) is 0 Å². The van der Waals surface area contributed by atoms with Gasteiger partial charge in [-0.1, -0.05) is 0 Å². The van der Waals surface area contributed by atoms with Gasteiger partial charge in [0.05, 0.1) is 10.1 Å². The van der Waals surface area contributed by atoms with Crippen molar-refractivity contribution in [2.75, 3.05) is 23.4 Å².